The summed E-state index contributed by atoms with van der Waals surface area (Å²) in [6.07, 6.45) is 2.97. The minimum absolute atomic E-state index is 0.420. The number of aromatic nitrogens is 1. The Balaban J connectivity index is 2.90. The molecule has 0 bridgehead atoms. The molecule has 7 heteroatoms. The van der Waals surface area contributed by atoms with Crippen LogP contribution in [-0.2, 0) is 16.6 Å². The monoisotopic (exact) mass is 231 g/mol. The van der Waals surface area contributed by atoms with Crippen LogP contribution in [0, 0.1) is 11.5 Å². The van der Waals surface area contributed by atoms with Crippen molar-refractivity contribution in [1.29, 1.82) is 5.26 Å². The molecule has 5 nitrogen and oxygen atoms in total. The standard InChI is InChI=1S/C7H9N3O2S2/c1-7(2,11)6-9-3-5(13-6)14(12)10-4-8/h3,10-11H,1-2H3. The van der Waals surface area contributed by atoms with E-state index in [1.165, 1.54) is 6.20 Å². The van der Waals surface area contributed by atoms with Gasteiger partial charge < -0.3 is 5.11 Å². The lowest BCUT2D eigenvalue weighted by molar-refractivity contribution is 0.0783. The van der Waals surface area contributed by atoms with Crippen molar-refractivity contribution < 1.29 is 9.32 Å². The Labute approximate surface area is 88.0 Å². The highest BCUT2D eigenvalue weighted by molar-refractivity contribution is 7.85. The molecule has 76 valence electrons. The van der Waals surface area contributed by atoms with Crippen molar-refractivity contribution in [2.45, 2.75) is 23.7 Å². The number of hydrogen-bond donors (Lipinski definition) is 2. The first kappa shape index (κ1) is 11.1. The van der Waals surface area contributed by atoms with E-state index < -0.39 is 16.6 Å². The minimum atomic E-state index is -1.56. The highest BCUT2D eigenvalue weighted by atomic mass is 32.2. The largest absolute Gasteiger partial charge is 0.383 e. The molecule has 0 radical (unpaired) electrons. The van der Waals surface area contributed by atoms with Crippen LogP contribution < -0.4 is 4.72 Å². The van der Waals surface area contributed by atoms with E-state index in [2.05, 4.69) is 9.71 Å². The molecule has 1 heterocycles. The Kier molecular flexibility index (Phi) is 3.21. The Morgan fingerprint density at radius 2 is 2.43 bits per heavy atom. The van der Waals surface area contributed by atoms with Crippen LogP contribution in [0.1, 0.15) is 18.9 Å². The summed E-state index contributed by atoms with van der Waals surface area (Å²) in [5.74, 6) is 0. The lowest BCUT2D eigenvalue weighted by atomic mass is 10.2. The van der Waals surface area contributed by atoms with Crippen LogP contribution in [0.15, 0.2) is 10.4 Å². The van der Waals surface area contributed by atoms with E-state index >= 15 is 0 Å². The molecule has 1 rings (SSSR count). The maximum absolute atomic E-state index is 11.3. The summed E-state index contributed by atoms with van der Waals surface area (Å²) < 4.78 is 13.8. The van der Waals surface area contributed by atoms with Gasteiger partial charge in [-0.1, -0.05) is 0 Å². The lowest BCUT2D eigenvalue weighted by Gasteiger charge is -2.11. The van der Waals surface area contributed by atoms with Crippen LogP contribution in [0.5, 0.6) is 0 Å². The number of hydrogen-bond acceptors (Lipinski definition) is 5. The Hall–Kier alpha value is -0.970. The summed E-state index contributed by atoms with van der Waals surface area (Å²) in [6, 6.07) is 0. The van der Waals surface area contributed by atoms with Crippen LogP contribution in [0.4, 0.5) is 0 Å². The Morgan fingerprint density at radius 3 is 2.86 bits per heavy atom. The third kappa shape index (κ3) is 2.51. The van der Waals surface area contributed by atoms with Gasteiger partial charge in [-0.25, -0.2) is 13.9 Å². The van der Waals surface area contributed by atoms with Gasteiger partial charge in [0.15, 0.2) is 17.2 Å². The zero-order chi connectivity index (χ0) is 10.8. The van der Waals surface area contributed by atoms with Gasteiger partial charge in [0.05, 0.1) is 6.20 Å². The summed E-state index contributed by atoms with van der Waals surface area (Å²) in [7, 11) is -1.56. The number of nitrogens with one attached hydrogen (secondary N) is 1. The zero-order valence-corrected chi connectivity index (χ0v) is 9.28. The average Bonchev–Trinajstić information content (AvgIpc) is 2.51. The van der Waals surface area contributed by atoms with Crippen molar-refractivity contribution >= 4 is 22.3 Å². The van der Waals surface area contributed by atoms with Crippen molar-refractivity contribution in [3.8, 4) is 6.19 Å². The third-order valence-corrected chi connectivity index (χ3v) is 3.89. The Bertz CT molecular complexity index is 388. The zero-order valence-electron chi connectivity index (χ0n) is 7.64. The molecule has 2 N–H and O–H groups in total. The van der Waals surface area contributed by atoms with Crippen molar-refractivity contribution in [1.82, 2.24) is 9.71 Å². The smallest absolute Gasteiger partial charge is 0.189 e. The predicted octanol–water partition coefficient (Wildman–Crippen LogP) is 0.464. The van der Waals surface area contributed by atoms with E-state index in [-0.39, 0.29) is 0 Å². The quantitative estimate of drug-likeness (QED) is 0.584. The molecule has 14 heavy (non-hydrogen) atoms. The summed E-state index contributed by atoms with van der Waals surface area (Å²) in [6.45, 7) is 3.19. The van der Waals surface area contributed by atoms with Gasteiger partial charge in [-0.15, -0.1) is 11.3 Å². The van der Waals surface area contributed by atoms with Gasteiger partial charge in [0.2, 0.25) is 0 Å². The minimum Gasteiger partial charge on any atom is -0.383 e. The normalized spacial score (nSPS) is 13.3. The van der Waals surface area contributed by atoms with Gasteiger partial charge in [-0.05, 0) is 13.8 Å². The summed E-state index contributed by atoms with van der Waals surface area (Å²) in [4.78, 5) is 3.92. The second-order valence-corrected chi connectivity index (χ2v) is 5.50. The molecule has 0 saturated heterocycles. The molecule has 1 aromatic rings. The topological polar surface area (TPSA) is 86.0 Å². The predicted molar refractivity (Wildman–Crippen MR) is 52.5 cm³/mol. The molecule has 0 aliphatic rings. The molecule has 0 fully saturated rings. The maximum Gasteiger partial charge on any atom is 0.189 e. The first-order valence-electron chi connectivity index (χ1n) is 3.70. The van der Waals surface area contributed by atoms with E-state index in [4.69, 9.17) is 5.26 Å². The first-order chi connectivity index (χ1) is 6.45. The molecule has 1 unspecified atom stereocenters. The fourth-order valence-electron chi connectivity index (χ4n) is 0.720. The van der Waals surface area contributed by atoms with Crippen molar-refractivity contribution in [2.24, 2.45) is 0 Å². The van der Waals surface area contributed by atoms with Gasteiger partial charge in [-0.2, -0.15) is 5.26 Å². The highest BCUT2D eigenvalue weighted by Crippen LogP contribution is 2.26. The molecule has 0 aliphatic carbocycles. The molecular weight excluding hydrogens is 222 g/mol. The average molecular weight is 231 g/mol. The maximum atomic E-state index is 11.3. The van der Waals surface area contributed by atoms with Gasteiger partial charge in [0.25, 0.3) is 0 Å². The van der Waals surface area contributed by atoms with Crippen LogP contribution in [0.3, 0.4) is 0 Å². The van der Waals surface area contributed by atoms with Gasteiger partial charge in [0, 0.05) is 0 Å². The van der Waals surface area contributed by atoms with Gasteiger partial charge in [-0.3, -0.25) is 0 Å². The van der Waals surface area contributed by atoms with Crippen molar-refractivity contribution in [3.05, 3.63) is 11.2 Å². The third-order valence-electron chi connectivity index (χ3n) is 1.33. The fraction of sp³-hybridized carbons (Fsp3) is 0.429. The molecule has 0 aromatic carbocycles. The van der Waals surface area contributed by atoms with Crippen LogP contribution in [0.25, 0.3) is 0 Å². The Morgan fingerprint density at radius 1 is 1.79 bits per heavy atom. The van der Waals surface area contributed by atoms with Crippen LogP contribution >= 0.6 is 11.3 Å². The van der Waals surface area contributed by atoms with Crippen LogP contribution in [0.2, 0.25) is 0 Å². The molecule has 0 amide bonds. The van der Waals surface area contributed by atoms with E-state index in [1.807, 2.05) is 0 Å². The molecular formula is C7H9N3O2S2. The molecule has 0 aliphatic heterocycles. The molecule has 0 saturated carbocycles. The summed E-state index contributed by atoms with van der Waals surface area (Å²) in [5.41, 5.74) is -1.04. The number of rotatable bonds is 3. The first-order valence-corrected chi connectivity index (χ1v) is 5.67. The summed E-state index contributed by atoms with van der Waals surface area (Å²) >= 11 is 1.11. The molecule has 0 spiro atoms. The number of nitriles is 1. The summed E-state index contributed by atoms with van der Waals surface area (Å²) in [5, 5.41) is 18.3. The fourth-order valence-corrected chi connectivity index (χ4v) is 2.37. The van der Waals surface area contributed by atoms with E-state index in [1.54, 1.807) is 20.0 Å². The second kappa shape index (κ2) is 4.04. The van der Waals surface area contributed by atoms with Crippen molar-refractivity contribution in [2.75, 3.05) is 0 Å². The lowest BCUT2D eigenvalue weighted by Crippen LogP contribution is -2.14. The van der Waals surface area contributed by atoms with E-state index in [0.29, 0.717) is 9.22 Å². The van der Waals surface area contributed by atoms with Gasteiger partial charge >= 0.3 is 0 Å². The van der Waals surface area contributed by atoms with E-state index in [0.717, 1.165) is 11.3 Å². The van der Waals surface area contributed by atoms with Crippen LogP contribution in [-0.4, -0.2) is 14.3 Å². The SMILES string of the molecule is CC(C)(O)c1ncc(S(=O)NC#N)s1. The second-order valence-electron chi connectivity index (χ2n) is 3.03. The number of nitrogens with zero attached hydrogens (tertiary/aromatic N) is 2. The number of thiazole rings is 1. The van der Waals surface area contributed by atoms with E-state index in [9.17, 15) is 9.32 Å². The molecule has 1 aromatic heterocycles. The highest BCUT2D eigenvalue weighted by Gasteiger charge is 2.21. The van der Waals surface area contributed by atoms with Gasteiger partial charge in [0.1, 0.15) is 14.8 Å². The number of aliphatic hydroxyl groups is 1. The molecule has 1 atom stereocenters. The van der Waals surface area contributed by atoms with Crippen molar-refractivity contribution in [3.63, 3.8) is 0 Å².